The summed E-state index contributed by atoms with van der Waals surface area (Å²) in [5.74, 6) is 0.152. The van der Waals surface area contributed by atoms with E-state index in [0.29, 0.717) is 13.1 Å². The first kappa shape index (κ1) is 15.2. The number of nitrogens with one attached hydrogen (secondary N) is 1. The van der Waals surface area contributed by atoms with Crippen LogP contribution in [0.2, 0.25) is 0 Å². The smallest absolute Gasteiger partial charge is 0.421 e. The number of rotatable bonds is 5. The Morgan fingerprint density at radius 2 is 2.17 bits per heavy atom. The Hall–Kier alpha value is -0.860. The van der Waals surface area contributed by atoms with Crippen LogP contribution >= 0.6 is 0 Å². The molecule has 3 N–H and O–H groups in total. The summed E-state index contributed by atoms with van der Waals surface area (Å²) in [6, 6.07) is -0.137. The van der Waals surface area contributed by atoms with E-state index in [4.69, 9.17) is 5.73 Å². The van der Waals surface area contributed by atoms with E-state index < -0.39 is 16.3 Å². The average Bonchev–Trinajstić information content (AvgIpc) is 2.76. The van der Waals surface area contributed by atoms with Crippen LogP contribution in [0.4, 0.5) is 4.79 Å². The molecule has 1 aliphatic carbocycles. The van der Waals surface area contributed by atoms with Gasteiger partial charge in [-0.25, -0.2) is 9.52 Å². The molecular formula is C10H21N3O4S. The van der Waals surface area contributed by atoms with Crippen LogP contribution in [0, 0.1) is 5.92 Å². The monoisotopic (exact) mass is 279 g/mol. The Balaban J connectivity index is 2.85. The second-order valence-corrected chi connectivity index (χ2v) is 5.92. The third-order valence-electron chi connectivity index (χ3n) is 3.31. The Kier molecular flexibility index (Phi) is 5.36. The van der Waals surface area contributed by atoms with Crippen molar-refractivity contribution in [1.29, 1.82) is 0 Å². The van der Waals surface area contributed by atoms with E-state index in [1.165, 1.54) is 4.31 Å². The van der Waals surface area contributed by atoms with Crippen LogP contribution in [0.3, 0.4) is 0 Å². The summed E-state index contributed by atoms with van der Waals surface area (Å²) in [5, 5.41) is 0. The molecule has 0 bridgehead atoms. The lowest BCUT2D eigenvalue weighted by atomic mass is 10.0. The molecular weight excluding hydrogens is 258 g/mol. The number of carbonyl (C=O) groups excluding carboxylic acids is 1. The van der Waals surface area contributed by atoms with E-state index in [1.807, 2.05) is 4.72 Å². The number of hydrogen-bond donors (Lipinski definition) is 2. The number of hydrogen-bond acceptors (Lipinski definition) is 5. The summed E-state index contributed by atoms with van der Waals surface area (Å²) in [4.78, 5) is 11.0. The van der Waals surface area contributed by atoms with E-state index in [1.54, 1.807) is 6.92 Å². The van der Waals surface area contributed by atoms with Crippen LogP contribution in [0.5, 0.6) is 0 Å². The summed E-state index contributed by atoms with van der Waals surface area (Å²) >= 11 is 0. The van der Waals surface area contributed by atoms with Gasteiger partial charge in [-0.2, -0.15) is 12.7 Å². The highest BCUT2D eigenvalue weighted by Gasteiger charge is 2.37. The first-order valence-electron chi connectivity index (χ1n) is 6.03. The lowest BCUT2D eigenvalue weighted by Gasteiger charge is -2.30. The third kappa shape index (κ3) is 3.33. The lowest BCUT2D eigenvalue weighted by Crippen LogP contribution is -2.50. The van der Waals surface area contributed by atoms with Crippen molar-refractivity contribution in [1.82, 2.24) is 9.03 Å². The average molecular weight is 279 g/mol. The highest BCUT2D eigenvalue weighted by atomic mass is 32.2. The summed E-state index contributed by atoms with van der Waals surface area (Å²) in [6.45, 7) is 2.49. The van der Waals surface area contributed by atoms with Crippen LogP contribution in [-0.2, 0) is 14.9 Å². The molecule has 0 aromatic carbocycles. The maximum Gasteiger partial charge on any atom is 0.421 e. The number of nitrogens with two attached hydrogens (primary N) is 1. The van der Waals surface area contributed by atoms with Gasteiger partial charge in [-0.1, -0.05) is 13.3 Å². The lowest BCUT2D eigenvalue weighted by molar-refractivity contribution is 0.176. The summed E-state index contributed by atoms with van der Waals surface area (Å²) < 4.78 is 31.6. The number of ether oxygens (including phenoxy) is 1. The fraction of sp³-hybridized carbons (Fsp3) is 0.900. The van der Waals surface area contributed by atoms with Crippen LogP contribution < -0.4 is 10.5 Å². The number of methoxy groups -OCH3 is 1. The first-order chi connectivity index (χ1) is 8.46. The van der Waals surface area contributed by atoms with Crippen molar-refractivity contribution in [3.8, 4) is 0 Å². The molecule has 1 saturated carbocycles. The van der Waals surface area contributed by atoms with Crippen LogP contribution in [0.25, 0.3) is 0 Å². The predicted octanol–water partition coefficient (Wildman–Crippen LogP) is 0.0365. The van der Waals surface area contributed by atoms with Gasteiger partial charge < -0.3 is 10.5 Å². The van der Waals surface area contributed by atoms with Crippen molar-refractivity contribution in [2.45, 2.75) is 32.2 Å². The van der Waals surface area contributed by atoms with E-state index in [2.05, 4.69) is 4.74 Å². The Labute approximate surface area is 108 Å². The molecule has 106 valence electrons. The molecule has 1 fully saturated rings. The van der Waals surface area contributed by atoms with E-state index in [-0.39, 0.29) is 12.0 Å². The number of carbonyl (C=O) groups is 1. The van der Waals surface area contributed by atoms with Gasteiger partial charge in [0.1, 0.15) is 0 Å². The van der Waals surface area contributed by atoms with Gasteiger partial charge in [0.05, 0.1) is 7.11 Å². The quantitative estimate of drug-likeness (QED) is 0.739. The molecule has 0 aromatic heterocycles. The Morgan fingerprint density at radius 3 is 2.67 bits per heavy atom. The van der Waals surface area contributed by atoms with Crippen molar-refractivity contribution in [3.05, 3.63) is 0 Å². The van der Waals surface area contributed by atoms with E-state index in [0.717, 1.165) is 26.4 Å². The number of amides is 1. The van der Waals surface area contributed by atoms with E-state index in [9.17, 15) is 13.2 Å². The topological polar surface area (TPSA) is 102 Å². The molecule has 1 rings (SSSR count). The summed E-state index contributed by atoms with van der Waals surface area (Å²) in [5.41, 5.74) is 5.65. The predicted molar refractivity (Wildman–Crippen MR) is 67.0 cm³/mol. The fourth-order valence-corrected chi connectivity index (χ4v) is 3.84. The normalized spacial score (nSPS) is 24.2. The molecule has 18 heavy (non-hydrogen) atoms. The molecule has 7 nitrogen and oxygen atoms in total. The van der Waals surface area contributed by atoms with Gasteiger partial charge in [0.15, 0.2) is 0 Å². The SMILES string of the molecule is CCN(C1CCCC1CN)S(=O)(=O)NC(=O)OC. The van der Waals surface area contributed by atoms with Crippen molar-refractivity contribution in [2.24, 2.45) is 11.7 Å². The van der Waals surface area contributed by atoms with Gasteiger partial charge in [0, 0.05) is 12.6 Å². The van der Waals surface area contributed by atoms with Crippen molar-refractivity contribution in [2.75, 3.05) is 20.2 Å². The minimum atomic E-state index is -3.86. The van der Waals surface area contributed by atoms with Gasteiger partial charge in [0.2, 0.25) is 0 Å². The molecule has 0 radical (unpaired) electrons. The second kappa shape index (κ2) is 6.35. The van der Waals surface area contributed by atoms with Gasteiger partial charge in [-0.3, -0.25) is 0 Å². The van der Waals surface area contributed by atoms with Gasteiger partial charge in [-0.05, 0) is 25.3 Å². The van der Waals surface area contributed by atoms with Crippen LogP contribution in [0.1, 0.15) is 26.2 Å². The van der Waals surface area contributed by atoms with E-state index >= 15 is 0 Å². The first-order valence-corrected chi connectivity index (χ1v) is 7.47. The molecule has 0 aromatic rings. The van der Waals surface area contributed by atoms with Crippen molar-refractivity contribution < 1.29 is 17.9 Å². The highest BCUT2D eigenvalue weighted by molar-refractivity contribution is 7.87. The number of nitrogens with zero attached hydrogens (tertiary/aromatic N) is 1. The summed E-state index contributed by atoms with van der Waals surface area (Å²) in [6.07, 6.45) is 1.68. The molecule has 1 aliphatic rings. The Bertz CT molecular complexity index is 385. The fourth-order valence-electron chi connectivity index (χ4n) is 2.46. The molecule has 2 atom stereocenters. The molecule has 0 heterocycles. The minimum absolute atomic E-state index is 0.137. The van der Waals surface area contributed by atoms with Crippen molar-refractivity contribution >= 4 is 16.3 Å². The van der Waals surface area contributed by atoms with Crippen LogP contribution in [-0.4, -0.2) is 45.1 Å². The molecule has 0 saturated heterocycles. The molecule has 0 spiro atoms. The summed E-state index contributed by atoms with van der Waals surface area (Å²) in [7, 11) is -2.73. The maximum absolute atomic E-state index is 12.1. The van der Waals surface area contributed by atoms with Gasteiger partial charge >= 0.3 is 16.3 Å². The largest absolute Gasteiger partial charge is 0.452 e. The van der Waals surface area contributed by atoms with Crippen LogP contribution in [0.15, 0.2) is 0 Å². The van der Waals surface area contributed by atoms with Crippen molar-refractivity contribution in [3.63, 3.8) is 0 Å². The zero-order chi connectivity index (χ0) is 13.8. The maximum atomic E-state index is 12.1. The zero-order valence-electron chi connectivity index (χ0n) is 10.8. The highest BCUT2D eigenvalue weighted by Crippen LogP contribution is 2.30. The molecule has 2 unspecified atom stereocenters. The molecule has 8 heteroatoms. The zero-order valence-corrected chi connectivity index (χ0v) is 11.6. The minimum Gasteiger partial charge on any atom is -0.452 e. The standard InChI is InChI=1S/C10H21N3O4S/c1-3-13(9-6-4-5-8(9)7-11)18(15,16)12-10(14)17-2/h8-9H,3-7,11H2,1-2H3,(H,12,14). The Morgan fingerprint density at radius 1 is 1.50 bits per heavy atom. The van der Waals surface area contributed by atoms with Gasteiger partial charge in [-0.15, -0.1) is 0 Å². The van der Waals surface area contributed by atoms with Gasteiger partial charge in [0.25, 0.3) is 0 Å². The second-order valence-electron chi connectivity index (χ2n) is 4.30. The molecule has 0 aliphatic heterocycles. The molecule has 1 amide bonds. The third-order valence-corrected chi connectivity index (χ3v) is 4.88.